The van der Waals surface area contributed by atoms with Crippen LogP contribution in [0.5, 0.6) is 0 Å². The molecular formula is C20H31N3O5S. The molecule has 0 radical (unpaired) electrons. The number of rotatable bonds is 7. The lowest BCUT2D eigenvalue weighted by Crippen LogP contribution is -2.46. The maximum absolute atomic E-state index is 13.6. The van der Waals surface area contributed by atoms with Crippen molar-refractivity contribution in [2.24, 2.45) is 5.92 Å². The Morgan fingerprint density at radius 2 is 1.83 bits per heavy atom. The summed E-state index contributed by atoms with van der Waals surface area (Å²) in [5.41, 5.74) is 1.22. The number of hydrogen-bond acceptors (Lipinski definition) is 5. The smallest absolute Gasteiger partial charge is 0.341 e. The molecule has 29 heavy (non-hydrogen) atoms. The number of amides is 1. The third-order valence-corrected chi connectivity index (χ3v) is 7.83. The van der Waals surface area contributed by atoms with Gasteiger partial charge in [0.1, 0.15) is 10.5 Å². The maximum atomic E-state index is 13.6. The number of carbonyl (C=O) groups is 2. The zero-order chi connectivity index (χ0) is 21.3. The molecule has 1 amide bonds. The second-order valence-electron chi connectivity index (χ2n) is 7.82. The van der Waals surface area contributed by atoms with E-state index in [1.54, 1.807) is 20.8 Å². The average Bonchev–Trinajstić information content (AvgIpc) is 3.45. The molecule has 1 aromatic rings. The lowest BCUT2D eigenvalue weighted by atomic mass is 9.99. The molecule has 1 saturated heterocycles. The number of aromatic nitrogens is 1. The van der Waals surface area contributed by atoms with E-state index in [1.807, 2.05) is 11.5 Å². The van der Waals surface area contributed by atoms with Crippen LogP contribution in [0.2, 0.25) is 0 Å². The van der Waals surface area contributed by atoms with Crippen molar-refractivity contribution in [2.75, 3.05) is 19.7 Å². The van der Waals surface area contributed by atoms with Gasteiger partial charge in [-0.15, -0.1) is 0 Å². The van der Waals surface area contributed by atoms with Gasteiger partial charge >= 0.3 is 5.97 Å². The van der Waals surface area contributed by atoms with Gasteiger partial charge in [-0.25, -0.2) is 13.2 Å². The largest absolute Gasteiger partial charge is 0.462 e. The molecular weight excluding hydrogens is 394 g/mol. The summed E-state index contributed by atoms with van der Waals surface area (Å²) >= 11 is 0. The van der Waals surface area contributed by atoms with E-state index >= 15 is 0 Å². The summed E-state index contributed by atoms with van der Waals surface area (Å²) in [4.78, 5) is 25.1. The van der Waals surface area contributed by atoms with Gasteiger partial charge in [0.2, 0.25) is 15.9 Å². The number of ether oxygens (including phenoxy) is 1. The number of esters is 1. The van der Waals surface area contributed by atoms with Gasteiger partial charge in [0, 0.05) is 37.1 Å². The summed E-state index contributed by atoms with van der Waals surface area (Å²) in [6.45, 7) is 8.25. The van der Waals surface area contributed by atoms with Gasteiger partial charge in [-0.1, -0.05) is 0 Å². The highest BCUT2D eigenvalue weighted by atomic mass is 32.2. The first-order valence-electron chi connectivity index (χ1n) is 10.4. The molecule has 0 unspecified atom stereocenters. The Bertz CT molecular complexity index is 902. The van der Waals surface area contributed by atoms with Crippen LogP contribution in [0.1, 0.15) is 61.3 Å². The number of nitrogens with zero attached hydrogens (tertiary/aromatic N) is 2. The molecule has 1 N–H and O–H groups in total. The second-order valence-corrected chi connectivity index (χ2v) is 9.70. The van der Waals surface area contributed by atoms with Crippen LogP contribution < -0.4 is 5.32 Å². The van der Waals surface area contributed by atoms with E-state index in [1.165, 1.54) is 4.31 Å². The molecule has 1 saturated carbocycles. The minimum absolute atomic E-state index is 0.0125. The standard InChI is InChI=1S/C20H31N3O5S/c1-5-23-13(3)17(20(25)28-6-2)18(14(23)4)29(26,27)22-11-7-8-15(12-22)19(24)21-16-9-10-16/h15-16H,5-12H2,1-4H3,(H,21,24)/t15-/m0/s1. The molecule has 1 aromatic heterocycles. The van der Waals surface area contributed by atoms with Gasteiger partial charge in [-0.2, -0.15) is 4.31 Å². The van der Waals surface area contributed by atoms with Crippen LogP contribution in [0.15, 0.2) is 4.90 Å². The van der Waals surface area contributed by atoms with E-state index < -0.39 is 16.0 Å². The number of carbonyl (C=O) groups excluding carboxylic acids is 2. The Morgan fingerprint density at radius 3 is 2.41 bits per heavy atom. The van der Waals surface area contributed by atoms with E-state index in [4.69, 9.17) is 4.74 Å². The minimum atomic E-state index is -3.95. The molecule has 9 heteroatoms. The summed E-state index contributed by atoms with van der Waals surface area (Å²) in [7, 11) is -3.95. The van der Waals surface area contributed by atoms with Crippen LogP contribution >= 0.6 is 0 Å². The van der Waals surface area contributed by atoms with Gasteiger partial charge < -0.3 is 14.6 Å². The van der Waals surface area contributed by atoms with E-state index in [9.17, 15) is 18.0 Å². The van der Waals surface area contributed by atoms with E-state index in [2.05, 4.69) is 5.32 Å². The highest BCUT2D eigenvalue weighted by molar-refractivity contribution is 7.89. The van der Waals surface area contributed by atoms with Crippen molar-refractivity contribution in [1.29, 1.82) is 0 Å². The van der Waals surface area contributed by atoms with Crippen LogP contribution in [0.25, 0.3) is 0 Å². The van der Waals surface area contributed by atoms with Crippen LogP contribution in [0.3, 0.4) is 0 Å². The SMILES string of the molecule is CCOC(=O)c1c(S(=O)(=O)N2CCC[C@H](C(=O)NC3CC3)C2)c(C)n(CC)c1C. The predicted octanol–water partition coefficient (Wildman–Crippen LogP) is 1.98. The average molecular weight is 426 g/mol. The van der Waals surface area contributed by atoms with Crippen molar-refractivity contribution in [1.82, 2.24) is 14.2 Å². The monoisotopic (exact) mass is 425 g/mol. The molecule has 0 bridgehead atoms. The van der Waals surface area contributed by atoms with Gasteiger partial charge in [0.05, 0.1) is 12.5 Å². The summed E-state index contributed by atoms with van der Waals surface area (Å²) in [6, 6.07) is 0.244. The van der Waals surface area contributed by atoms with E-state index in [-0.39, 0.29) is 41.5 Å². The van der Waals surface area contributed by atoms with Crippen LogP contribution in [0.4, 0.5) is 0 Å². The zero-order valence-corrected chi connectivity index (χ0v) is 18.5. The van der Waals surface area contributed by atoms with Crippen LogP contribution in [-0.2, 0) is 26.1 Å². The molecule has 1 atom stereocenters. The van der Waals surface area contributed by atoms with E-state index in [0.717, 1.165) is 12.8 Å². The number of hydrogen-bond donors (Lipinski definition) is 1. The fraction of sp³-hybridized carbons (Fsp3) is 0.700. The fourth-order valence-electron chi connectivity index (χ4n) is 4.14. The molecule has 3 rings (SSSR count). The van der Waals surface area contributed by atoms with Crippen molar-refractivity contribution < 1.29 is 22.7 Å². The zero-order valence-electron chi connectivity index (χ0n) is 17.7. The van der Waals surface area contributed by atoms with E-state index in [0.29, 0.717) is 37.3 Å². The summed E-state index contributed by atoms with van der Waals surface area (Å²) in [5, 5.41) is 2.98. The number of piperidine rings is 1. The van der Waals surface area contributed by atoms with Crippen molar-refractivity contribution in [3.05, 3.63) is 17.0 Å². The molecule has 0 aromatic carbocycles. The molecule has 162 valence electrons. The Kier molecular flexibility index (Phi) is 6.38. The highest BCUT2D eigenvalue weighted by Crippen LogP contribution is 2.33. The second kappa shape index (κ2) is 8.47. The van der Waals surface area contributed by atoms with Crippen molar-refractivity contribution in [3.63, 3.8) is 0 Å². The lowest BCUT2D eigenvalue weighted by molar-refractivity contribution is -0.126. The van der Waals surface area contributed by atoms with Crippen LogP contribution in [-0.4, -0.2) is 54.9 Å². The summed E-state index contributed by atoms with van der Waals surface area (Å²) < 4.78 is 35.5. The Balaban J connectivity index is 1.95. The van der Waals surface area contributed by atoms with Crippen molar-refractivity contribution >= 4 is 21.9 Å². The minimum Gasteiger partial charge on any atom is -0.462 e. The molecule has 2 aliphatic rings. The highest BCUT2D eigenvalue weighted by Gasteiger charge is 2.39. The van der Waals surface area contributed by atoms with Crippen LogP contribution in [0, 0.1) is 19.8 Å². The normalized spacial score (nSPS) is 20.5. The lowest BCUT2D eigenvalue weighted by Gasteiger charge is -2.31. The van der Waals surface area contributed by atoms with Gasteiger partial charge in [-0.3, -0.25) is 4.79 Å². The van der Waals surface area contributed by atoms with Crippen molar-refractivity contribution in [3.8, 4) is 0 Å². The Labute approximate surface area is 172 Å². The summed E-state index contributed by atoms with van der Waals surface area (Å²) in [5.74, 6) is -1.06. The quantitative estimate of drug-likeness (QED) is 0.674. The van der Waals surface area contributed by atoms with Gasteiger partial charge in [0.25, 0.3) is 0 Å². The third-order valence-electron chi connectivity index (χ3n) is 5.80. The molecule has 2 heterocycles. The first-order valence-corrected chi connectivity index (χ1v) is 11.8. The topological polar surface area (TPSA) is 97.7 Å². The molecule has 8 nitrogen and oxygen atoms in total. The fourth-order valence-corrected chi connectivity index (χ4v) is 6.11. The molecule has 1 aliphatic heterocycles. The van der Waals surface area contributed by atoms with Gasteiger partial charge in [-0.05, 0) is 53.4 Å². The predicted molar refractivity (Wildman–Crippen MR) is 108 cm³/mol. The number of nitrogens with one attached hydrogen (secondary N) is 1. The maximum Gasteiger partial charge on any atom is 0.341 e. The molecule has 1 aliphatic carbocycles. The number of sulfonamides is 1. The Hall–Kier alpha value is -1.87. The first kappa shape index (κ1) is 21.8. The molecule has 2 fully saturated rings. The third kappa shape index (κ3) is 4.21. The van der Waals surface area contributed by atoms with Crippen molar-refractivity contribution in [2.45, 2.75) is 70.9 Å². The first-order chi connectivity index (χ1) is 13.7. The Morgan fingerprint density at radius 1 is 1.14 bits per heavy atom. The molecule has 0 spiro atoms. The summed E-state index contributed by atoms with van der Waals surface area (Å²) in [6.07, 6.45) is 3.27. The van der Waals surface area contributed by atoms with Gasteiger partial charge in [0.15, 0.2) is 0 Å².